The highest BCUT2D eigenvalue weighted by molar-refractivity contribution is 7.99. The molecule has 0 radical (unpaired) electrons. The van der Waals surface area contributed by atoms with Crippen LogP contribution >= 0.6 is 11.8 Å². The summed E-state index contributed by atoms with van der Waals surface area (Å²) in [7, 11) is 0. The predicted molar refractivity (Wildman–Crippen MR) is 85.8 cm³/mol. The van der Waals surface area contributed by atoms with Gasteiger partial charge in [0.15, 0.2) is 0 Å². The van der Waals surface area contributed by atoms with Gasteiger partial charge >= 0.3 is 6.18 Å². The lowest BCUT2D eigenvalue weighted by molar-refractivity contribution is -0.147. The molecule has 24 heavy (non-hydrogen) atoms. The summed E-state index contributed by atoms with van der Waals surface area (Å²) in [6.07, 6.45) is -4.87. The number of benzene rings is 1. The lowest BCUT2D eigenvalue weighted by Gasteiger charge is -2.38. The molecule has 2 heterocycles. The van der Waals surface area contributed by atoms with Gasteiger partial charge in [-0.2, -0.15) is 24.9 Å². The van der Waals surface area contributed by atoms with Crippen molar-refractivity contribution in [3.63, 3.8) is 0 Å². The number of halogens is 3. The highest BCUT2D eigenvalue weighted by Gasteiger charge is 2.35. The Labute approximate surface area is 142 Å². The van der Waals surface area contributed by atoms with Crippen molar-refractivity contribution in [2.75, 3.05) is 37.7 Å². The summed E-state index contributed by atoms with van der Waals surface area (Å²) < 4.78 is 43.7. The van der Waals surface area contributed by atoms with E-state index in [0.29, 0.717) is 25.4 Å². The van der Waals surface area contributed by atoms with E-state index in [1.807, 2.05) is 0 Å². The Hall–Kier alpha value is -1.25. The van der Waals surface area contributed by atoms with E-state index in [4.69, 9.17) is 4.74 Å². The van der Waals surface area contributed by atoms with Crippen LogP contribution in [0.3, 0.4) is 0 Å². The van der Waals surface area contributed by atoms with Gasteiger partial charge in [0.25, 0.3) is 5.91 Å². The van der Waals surface area contributed by atoms with Crippen LogP contribution in [-0.2, 0) is 15.7 Å². The van der Waals surface area contributed by atoms with Crippen molar-refractivity contribution in [1.29, 1.82) is 0 Å². The van der Waals surface area contributed by atoms with Crippen molar-refractivity contribution in [2.45, 2.75) is 18.3 Å². The van der Waals surface area contributed by atoms with E-state index in [9.17, 15) is 18.0 Å². The number of nitrogens with zero attached hydrogens (tertiary/aromatic N) is 1. The van der Waals surface area contributed by atoms with Crippen molar-refractivity contribution in [3.8, 4) is 0 Å². The van der Waals surface area contributed by atoms with Crippen LogP contribution in [-0.4, -0.2) is 54.7 Å². The molecule has 0 aromatic heterocycles. The molecule has 1 unspecified atom stereocenters. The second-order valence-electron chi connectivity index (χ2n) is 5.81. The molecular weight excluding hydrogens is 341 g/mol. The zero-order valence-corrected chi connectivity index (χ0v) is 13.8. The molecule has 1 amide bonds. The third-order valence-corrected chi connectivity index (χ3v) is 5.26. The molecule has 2 aliphatic rings. The minimum Gasteiger partial charge on any atom is -0.366 e. The van der Waals surface area contributed by atoms with Gasteiger partial charge in [-0.25, -0.2) is 0 Å². The number of rotatable bonds is 2. The number of hydrogen-bond donors (Lipinski definition) is 1. The smallest absolute Gasteiger partial charge is 0.366 e. The van der Waals surface area contributed by atoms with E-state index in [2.05, 4.69) is 5.32 Å². The van der Waals surface area contributed by atoms with E-state index in [-0.39, 0.29) is 11.9 Å². The molecule has 2 aliphatic heterocycles. The third kappa shape index (κ3) is 3.87. The maximum absolute atomic E-state index is 12.7. The molecule has 8 heteroatoms. The largest absolute Gasteiger partial charge is 0.416 e. The monoisotopic (exact) mass is 360 g/mol. The van der Waals surface area contributed by atoms with Crippen molar-refractivity contribution >= 4 is 17.7 Å². The zero-order chi connectivity index (χ0) is 17.2. The van der Waals surface area contributed by atoms with Gasteiger partial charge in [-0.3, -0.25) is 4.79 Å². The predicted octanol–water partition coefficient (Wildman–Crippen LogP) is 2.31. The first-order chi connectivity index (χ1) is 11.5. The second kappa shape index (κ2) is 7.33. The van der Waals surface area contributed by atoms with Crippen molar-refractivity contribution in [2.24, 2.45) is 0 Å². The normalized spacial score (nSPS) is 25.5. The van der Waals surface area contributed by atoms with E-state index >= 15 is 0 Å². The molecule has 1 aromatic carbocycles. The first-order valence-corrected chi connectivity index (χ1v) is 9.00. The summed E-state index contributed by atoms with van der Waals surface area (Å²) in [5.74, 6) is 1.41. The van der Waals surface area contributed by atoms with Crippen molar-refractivity contribution in [1.82, 2.24) is 10.2 Å². The summed E-state index contributed by atoms with van der Waals surface area (Å²) in [4.78, 5) is 14.5. The number of thioether (sulfide) groups is 1. The Bertz CT molecular complexity index is 574. The molecule has 2 saturated heterocycles. The van der Waals surface area contributed by atoms with Crippen LogP contribution in [0, 0.1) is 0 Å². The SMILES string of the molecule is O=C([C@@H]1CNCCO1)N1CCSCC1c1ccc(C(F)(F)F)cc1. The Morgan fingerprint density at radius 3 is 2.67 bits per heavy atom. The van der Waals surface area contributed by atoms with Crippen LogP contribution in [0.25, 0.3) is 0 Å². The van der Waals surface area contributed by atoms with Gasteiger partial charge in [0.1, 0.15) is 6.10 Å². The summed E-state index contributed by atoms with van der Waals surface area (Å²) in [5, 5.41) is 3.13. The van der Waals surface area contributed by atoms with Crippen molar-refractivity contribution in [3.05, 3.63) is 35.4 Å². The van der Waals surface area contributed by atoms with Crippen LogP contribution in [0.15, 0.2) is 24.3 Å². The van der Waals surface area contributed by atoms with E-state index < -0.39 is 17.8 Å². The topological polar surface area (TPSA) is 41.6 Å². The van der Waals surface area contributed by atoms with Gasteiger partial charge < -0.3 is 15.0 Å². The minimum atomic E-state index is -4.35. The Kier molecular flexibility index (Phi) is 5.36. The van der Waals surface area contributed by atoms with E-state index in [1.54, 1.807) is 16.7 Å². The van der Waals surface area contributed by atoms with Crippen LogP contribution in [0.2, 0.25) is 0 Å². The number of hydrogen-bond acceptors (Lipinski definition) is 4. The van der Waals surface area contributed by atoms with E-state index in [1.165, 1.54) is 12.1 Å². The maximum atomic E-state index is 12.7. The molecule has 0 saturated carbocycles. The first kappa shape index (κ1) is 17.6. The molecule has 4 nitrogen and oxygen atoms in total. The molecule has 0 aliphatic carbocycles. The van der Waals surface area contributed by atoms with Crippen LogP contribution in [0.4, 0.5) is 13.2 Å². The minimum absolute atomic E-state index is 0.0904. The zero-order valence-electron chi connectivity index (χ0n) is 13.0. The number of amides is 1. The number of carbonyl (C=O) groups excluding carboxylic acids is 1. The average Bonchev–Trinajstić information content (AvgIpc) is 2.61. The lowest BCUT2D eigenvalue weighted by Crippen LogP contribution is -2.52. The fourth-order valence-corrected chi connectivity index (χ4v) is 4.03. The Morgan fingerprint density at radius 1 is 1.29 bits per heavy atom. The van der Waals surface area contributed by atoms with Gasteiger partial charge in [-0.1, -0.05) is 12.1 Å². The third-order valence-electron chi connectivity index (χ3n) is 4.24. The molecule has 132 valence electrons. The molecular formula is C16H19F3N2O2S. The number of nitrogens with one attached hydrogen (secondary N) is 1. The standard InChI is InChI=1S/C16H19F3N2O2S/c17-16(18,19)12-3-1-11(2-4-12)13-10-24-8-6-21(13)15(22)14-9-20-5-7-23-14/h1-4,13-14,20H,5-10H2/t13?,14-/m0/s1. The number of alkyl halides is 3. The maximum Gasteiger partial charge on any atom is 0.416 e. The highest BCUT2D eigenvalue weighted by Crippen LogP contribution is 2.33. The number of ether oxygens (including phenoxy) is 1. The average molecular weight is 360 g/mol. The number of morpholine rings is 1. The molecule has 2 fully saturated rings. The van der Waals surface area contributed by atoms with Gasteiger partial charge in [-0.05, 0) is 17.7 Å². The fourth-order valence-electron chi connectivity index (χ4n) is 2.95. The quantitative estimate of drug-likeness (QED) is 0.879. The molecule has 2 atom stereocenters. The Balaban J connectivity index is 1.77. The fraction of sp³-hybridized carbons (Fsp3) is 0.562. The summed E-state index contributed by atoms with van der Waals surface area (Å²) in [6, 6.07) is 4.88. The van der Waals surface area contributed by atoms with Crippen LogP contribution in [0.5, 0.6) is 0 Å². The summed E-state index contributed by atoms with van der Waals surface area (Å²) >= 11 is 1.70. The molecule has 0 spiro atoms. The first-order valence-electron chi connectivity index (χ1n) is 7.84. The molecule has 1 aromatic rings. The van der Waals surface area contributed by atoms with Gasteiger partial charge in [0.05, 0.1) is 18.2 Å². The van der Waals surface area contributed by atoms with Gasteiger partial charge in [0, 0.05) is 31.1 Å². The van der Waals surface area contributed by atoms with Crippen molar-refractivity contribution < 1.29 is 22.7 Å². The van der Waals surface area contributed by atoms with Crippen LogP contribution in [0.1, 0.15) is 17.2 Å². The summed E-state index contributed by atoms with van der Waals surface area (Å²) in [5.41, 5.74) is 0.0553. The molecule has 1 N–H and O–H groups in total. The molecule has 3 rings (SSSR count). The van der Waals surface area contributed by atoms with Gasteiger partial charge in [-0.15, -0.1) is 0 Å². The Morgan fingerprint density at radius 2 is 2.04 bits per heavy atom. The summed E-state index contributed by atoms with van der Waals surface area (Å²) in [6.45, 7) is 2.27. The van der Waals surface area contributed by atoms with E-state index in [0.717, 1.165) is 30.0 Å². The van der Waals surface area contributed by atoms with Crippen LogP contribution < -0.4 is 5.32 Å². The number of carbonyl (C=O) groups is 1. The highest BCUT2D eigenvalue weighted by atomic mass is 32.2. The lowest BCUT2D eigenvalue weighted by atomic mass is 10.0. The van der Waals surface area contributed by atoms with Gasteiger partial charge in [0.2, 0.25) is 0 Å². The second-order valence-corrected chi connectivity index (χ2v) is 6.96. The molecule has 0 bridgehead atoms.